The molecule has 0 aliphatic carbocycles. The number of non-ortho nitro benzene ring substituents is 1. The predicted octanol–water partition coefficient (Wildman–Crippen LogP) is 1.90. The van der Waals surface area contributed by atoms with Crippen molar-refractivity contribution in [2.24, 2.45) is 5.41 Å². The first kappa shape index (κ1) is 15.2. The molecular weight excluding hydrogens is 276 g/mol. The SMILES string of the molecule is COc1cc(CN2CCC(C)(C(=O)O)C2)cc([N+](=O)[O-])c1. The largest absolute Gasteiger partial charge is 0.496 e. The van der Waals surface area contributed by atoms with Gasteiger partial charge in [-0.15, -0.1) is 0 Å². The Balaban J connectivity index is 2.15. The number of ether oxygens (including phenoxy) is 1. The van der Waals surface area contributed by atoms with Gasteiger partial charge in [0.15, 0.2) is 0 Å². The van der Waals surface area contributed by atoms with Crippen molar-refractivity contribution in [2.45, 2.75) is 19.9 Å². The predicted molar refractivity (Wildman–Crippen MR) is 75.3 cm³/mol. The number of carbonyl (C=O) groups is 1. The van der Waals surface area contributed by atoms with E-state index in [2.05, 4.69) is 0 Å². The maximum absolute atomic E-state index is 11.2. The van der Waals surface area contributed by atoms with Crippen molar-refractivity contribution in [3.05, 3.63) is 33.9 Å². The summed E-state index contributed by atoms with van der Waals surface area (Å²) in [5, 5.41) is 20.1. The van der Waals surface area contributed by atoms with Gasteiger partial charge >= 0.3 is 5.97 Å². The van der Waals surface area contributed by atoms with Crippen molar-refractivity contribution in [3.8, 4) is 5.75 Å². The molecule has 7 nitrogen and oxygen atoms in total. The van der Waals surface area contributed by atoms with Crippen LogP contribution in [-0.4, -0.2) is 41.1 Å². The number of benzene rings is 1. The van der Waals surface area contributed by atoms with Gasteiger partial charge in [-0.2, -0.15) is 0 Å². The third kappa shape index (κ3) is 3.30. The van der Waals surface area contributed by atoms with Crippen molar-refractivity contribution in [1.82, 2.24) is 4.90 Å². The summed E-state index contributed by atoms with van der Waals surface area (Å²) in [6.45, 7) is 3.30. The van der Waals surface area contributed by atoms with E-state index in [1.54, 1.807) is 13.0 Å². The Labute approximate surface area is 122 Å². The molecule has 0 amide bonds. The lowest BCUT2D eigenvalue weighted by molar-refractivity contribution is -0.385. The lowest BCUT2D eigenvalue weighted by Gasteiger charge is -2.20. The number of likely N-dealkylation sites (tertiary alicyclic amines) is 1. The summed E-state index contributed by atoms with van der Waals surface area (Å²) < 4.78 is 5.07. The Hall–Kier alpha value is -2.15. The average molecular weight is 294 g/mol. The summed E-state index contributed by atoms with van der Waals surface area (Å²) >= 11 is 0. The zero-order valence-electron chi connectivity index (χ0n) is 12.0. The van der Waals surface area contributed by atoms with Gasteiger partial charge in [0.1, 0.15) is 5.75 Å². The second-order valence-electron chi connectivity index (χ2n) is 5.62. The van der Waals surface area contributed by atoms with Crippen LogP contribution in [0, 0.1) is 15.5 Å². The van der Waals surface area contributed by atoms with E-state index in [0.29, 0.717) is 31.8 Å². The minimum absolute atomic E-state index is 0.0236. The van der Waals surface area contributed by atoms with E-state index < -0.39 is 16.3 Å². The Morgan fingerprint density at radius 1 is 1.52 bits per heavy atom. The van der Waals surface area contributed by atoms with Crippen LogP contribution in [0.25, 0.3) is 0 Å². The number of nitro benzene ring substituents is 1. The van der Waals surface area contributed by atoms with Gasteiger partial charge in [-0.05, 0) is 31.5 Å². The molecule has 1 aromatic carbocycles. The molecule has 0 spiro atoms. The molecule has 1 aromatic rings. The summed E-state index contributed by atoms with van der Waals surface area (Å²) in [6, 6.07) is 4.61. The molecule has 1 aliphatic heterocycles. The van der Waals surface area contributed by atoms with Gasteiger partial charge < -0.3 is 9.84 Å². The number of carboxylic acid groups (broad SMARTS) is 1. The van der Waals surface area contributed by atoms with E-state index in [1.807, 2.05) is 4.90 Å². The van der Waals surface area contributed by atoms with Gasteiger partial charge in [0.25, 0.3) is 5.69 Å². The standard InChI is InChI=1S/C14H18N2O5/c1-14(13(17)18)3-4-15(9-14)8-10-5-11(16(19)20)7-12(6-10)21-2/h5-7H,3-4,8-9H2,1-2H3,(H,17,18). The van der Waals surface area contributed by atoms with Gasteiger partial charge in [0.05, 0.1) is 23.5 Å². The first-order valence-corrected chi connectivity index (χ1v) is 6.62. The fraction of sp³-hybridized carbons (Fsp3) is 0.500. The highest BCUT2D eigenvalue weighted by Gasteiger charge is 2.40. The molecule has 1 atom stereocenters. The van der Waals surface area contributed by atoms with Crippen molar-refractivity contribution < 1.29 is 19.6 Å². The Morgan fingerprint density at radius 2 is 2.24 bits per heavy atom. The normalized spacial score (nSPS) is 22.2. The van der Waals surface area contributed by atoms with Crippen LogP contribution in [0.3, 0.4) is 0 Å². The third-order valence-corrected chi connectivity index (χ3v) is 3.87. The second kappa shape index (κ2) is 5.69. The molecule has 0 bridgehead atoms. The summed E-state index contributed by atoms with van der Waals surface area (Å²) in [7, 11) is 1.46. The molecule has 1 saturated heterocycles. The van der Waals surface area contributed by atoms with Crippen molar-refractivity contribution in [1.29, 1.82) is 0 Å². The molecule has 7 heteroatoms. The molecule has 1 heterocycles. The van der Waals surface area contributed by atoms with Crippen molar-refractivity contribution >= 4 is 11.7 Å². The summed E-state index contributed by atoms with van der Waals surface area (Å²) in [5.41, 5.74) is -0.0228. The van der Waals surface area contributed by atoms with Crippen LogP contribution in [0.15, 0.2) is 18.2 Å². The van der Waals surface area contributed by atoms with E-state index in [1.165, 1.54) is 19.2 Å². The van der Waals surface area contributed by atoms with Crippen LogP contribution in [0.5, 0.6) is 5.75 Å². The van der Waals surface area contributed by atoms with Crippen LogP contribution in [0.1, 0.15) is 18.9 Å². The van der Waals surface area contributed by atoms with Crippen molar-refractivity contribution in [2.75, 3.05) is 20.2 Å². The highest BCUT2D eigenvalue weighted by molar-refractivity contribution is 5.74. The number of nitrogens with zero attached hydrogens (tertiary/aromatic N) is 2. The number of nitro groups is 1. The number of aliphatic carboxylic acids is 1. The number of rotatable bonds is 5. The average Bonchev–Trinajstić information content (AvgIpc) is 2.81. The first-order chi connectivity index (χ1) is 9.84. The van der Waals surface area contributed by atoms with E-state index in [-0.39, 0.29) is 5.69 Å². The molecule has 1 aliphatic rings. The molecule has 0 aromatic heterocycles. The number of carboxylic acids is 1. The minimum atomic E-state index is -0.804. The monoisotopic (exact) mass is 294 g/mol. The van der Waals surface area contributed by atoms with Crippen LogP contribution in [0.4, 0.5) is 5.69 Å². The van der Waals surface area contributed by atoms with Crippen LogP contribution in [-0.2, 0) is 11.3 Å². The maximum atomic E-state index is 11.2. The minimum Gasteiger partial charge on any atom is -0.496 e. The van der Waals surface area contributed by atoms with E-state index >= 15 is 0 Å². The molecule has 2 rings (SSSR count). The van der Waals surface area contributed by atoms with Crippen LogP contribution >= 0.6 is 0 Å². The summed E-state index contributed by atoms with van der Waals surface area (Å²) in [4.78, 5) is 23.7. The number of hydrogen-bond donors (Lipinski definition) is 1. The Kier molecular flexibility index (Phi) is 4.13. The molecule has 1 fully saturated rings. The summed E-state index contributed by atoms with van der Waals surface area (Å²) in [6.07, 6.45) is 0.578. The smallest absolute Gasteiger partial charge is 0.310 e. The molecular formula is C14H18N2O5. The van der Waals surface area contributed by atoms with Gasteiger partial charge in [0, 0.05) is 19.2 Å². The first-order valence-electron chi connectivity index (χ1n) is 6.62. The molecule has 0 radical (unpaired) electrons. The lowest BCUT2D eigenvalue weighted by Crippen LogP contribution is -2.31. The van der Waals surface area contributed by atoms with Gasteiger partial charge in [0.2, 0.25) is 0 Å². The third-order valence-electron chi connectivity index (χ3n) is 3.87. The highest BCUT2D eigenvalue weighted by Crippen LogP contribution is 2.32. The van der Waals surface area contributed by atoms with Gasteiger partial charge in [-0.3, -0.25) is 19.8 Å². The zero-order chi connectivity index (χ0) is 15.6. The highest BCUT2D eigenvalue weighted by atomic mass is 16.6. The van der Waals surface area contributed by atoms with Crippen LogP contribution in [0.2, 0.25) is 0 Å². The van der Waals surface area contributed by atoms with Gasteiger partial charge in [-0.25, -0.2) is 0 Å². The zero-order valence-corrected chi connectivity index (χ0v) is 12.0. The molecule has 0 saturated carbocycles. The van der Waals surface area contributed by atoms with E-state index in [0.717, 1.165) is 5.56 Å². The molecule has 114 valence electrons. The van der Waals surface area contributed by atoms with E-state index in [9.17, 15) is 20.0 Å². The van der Waals surface area contributed by atoms with Gasteiger partial charge in [-0.1, -0.05) is 0 Å². The van der Waals surface area contributed by atoms with Crippen LogP contribution < -0.4 is 4.74 Å². The second-order valence-corrected chi connectivity index (χ2v) is 5.62. The number of methoxy groups -OCH3 is 1. The Bertz CT molecular complexity index is 574. The summed E-state index contributed by atoms with van der Waals surface area (Å²) in [5.74, 6) is -0.374. The fourth-order valence-electron chi connectivity index (χ4n) is 2.58. The fourth-order valence-corrected chi connectivity index (χ4v) is 2.58. The maximum Gasteiger partial charge on any atom is 0.310 e. The quantitative estimate of drug-likeness (QED) is 0.658. The molecule has 21 heavy (non-hydrogen) atoms. The molecule has 1 unspecified atom stereocenters. The molecule has 1 N–H and O–H groups in total. The topological polar surface area (TPSA) is 92.9 Å². The van der Waals surface area contributed by atoms with Crippen molar-refractivity contribution in [3.63, 3.8) is 0 Å². The number of hydrogen-bond acceptors (Lipinski definition) is 5. The van der Waals surface area contributed by atoms with E-state index in [4.69, 9.17) is 4.74 Å². The Morgan fingerprint density at radius 3 is 2.76 bits per heavy atom. The lowest BCUT2D eigenvalue weighted by atomic mass is 9.90.